The van der Waals surface area contributed by atoms with Crippen molar-refractivity contribution in [3.05, 3.63) is 29.8 Å². The molecule has 2 aliphatic heterocycles. The van der Waals surface area contributed by atoms with Crippen molar-refractivity contribution in [3.63, 3.8) is 0 Å². The van der Waals surface area contributed by atoms with Crippen LogP contribution in [0.25, 0.3) is 0 Å². The highest BCUT2D eigenvalue weighted by Gasteiger charge is 2.38. The normalized spacial score (nSPS) is 20.2. The van der Waals surface area contributed by atoms with E-state index in [4.69, 9.17) is 0 Å². The van der Waals surface area contributed by atoms with Crippen molar-refractivity contribution >= 4 is 23.4 Å². The second-order valence-electron chi connectivity index (χ2n) is 8.47. The molecule has 2 heterocycles. The van der Waals surface area contributed by atoms with Crippen LogP contribution in [0, 0.1) is 5.92 Å². The van der Waals surface area contributed by atoms with Gasteiger partial charge in [0.05, 0.1) is 18.0 Å². The first-order valence-corrected chi connectivity index (χ1v) is 11.4. The van der Waals surface area contributed by atoms with Gasteiger partial charge in [-0.1, -0.05) is 6.07 Å². The number of hydrogen-bond acceptors (Lipinski definition) is 4. The fourth-order valence-corrected chi connectivity index (χ4v) is 4.45. The van der Waals surface area contributed by atoms with Gasteiger partial charge in [0.2, 0.25) is 17.7 Å². The molecule has 3 rings (SSSR count). The second-order valence-corrected chi connectivity index (χ2v) is 8.47. The van der Waals surface area contributed by atoms with E-state index in [9.17, 15) is 27.6 Å². The SMILES string of the molecule is CCN(CC)C(=O)CN1CCCN(C(=O)C2CC(=O)N(c3cccc(C(F)(F)F)c3)C2)CC1. The van der Waals surface area contributed by atoms with Gasteiger partial charge in [0.15, 0.2) is 0 Å². The quantitative estimate of drug-likeness (QED) is 0.644. The predicted molar refractivity (Wildman–Crippen MR) is 117 cm³/mol. The van der Waals surface area contributed by atoms with Gasteiger partial charge in [0.1, 0.15) is 0 Å². The van der Waals surface area contributed by atoms with Crippen LogP contribution >= 0.6 is 0 Å². The monoisotopic (exact) mass is 468 g/mol. The van der Waals surface area contributed by atoms with Crippen molar-refractivity contribution in [1.82, 2.24) is 14.7 Å². The maximum atomic E-state index is 13.1. The highest BCUT2D eigenvalue weighted by molar-refractivity contribution is 6.00. The third-order valence-electron chi connectivity index (χ3n) is 6.33. The standard InChI is InChI=1S/C23H31F3N4O3/c1-3-28(4-2)21(32)16-27-9-6-10-29(12-11-27)22(33)17-13-20(31)30(15-17)19-8-5-7-18(14-19)23(24,25)26/h5,7-8,14,17H,3-4,6,9-13,15-16H2,1-2H3. The summed E-state index contributed by atoms with van der Waals surface area (Å²) in [5, 5.41) is 0. The third-order valence-corrected chi connectivity index (χ3v) is 6.33. The Morgan fingerprint density at radius 2 is 1.82 bits per heavy atom. The Labute approximate surface area is 192 Å². The molecule has 0 N–H and O–H groups in total. The summed E-state index contributed by atoms with van der Waals surface area (Å²) in [7, 11) is 0. The molecule has 182 valence electrons. The van der Waals surface area contributed by atoms with Gasteiger partial charge in [-0.25, -0.2) is 0 Å². The number of halogens is 3. The molecule has 1 unspecified atom stereocenters. The van der Waals surface area contributed by atoms with E-state index < -0.39 is 17.7 Å². The lowest BCUT2D eigenvalue weighted by atomic mass is 10.1. The van der Waals surface area contributed by atoms with Crippen LogP contribution in [-0.4, -0.2) is 84.8 Å². The number of amides is 3. The first-order chi connectivity index (χ1) is 15.6. The first-order valence-electron chi connectivity index (χ1n) is 11.4. The Morgan fingerprint density at radius 1 is 1.09 bits per heavy atom. The largest absolute Gasteiger partial charge is 0.416 e. The Hall–Kier alpha value is -2.62. The van der Waals surface area contributed by atoms with E-state index in [1.54, 1.807) is 9.80 Å². The molecule has 1 aromatic rings. The molecule has 0 saturated carbocycles. The van der Waals surface area contributed by atoms with Crippen LogP contribution in [0.15, 0.2) is 24.3 Å². The van der Waals surface area contributed by atoms with E-state index >= 15 is 0 Å². The van der Waals surface area contributed by atoms with Crippen molar-refractivity contribution in [1.29, 1.82) is 0 Å². The first kappa shape index (κ1) is 25.0. The minimum atomic E-state index is -4.50. The molecular formula is C23H31F3N4O3. The Bertz CT molecular complexity index is 873. The lowest BCUT2D eigenvalue weighted by Gasteiger charge is -2.26. The van der Waals surface area contributed by atoms with Crippen molar-refractivity contribution < 1.29 is 27.6 Å². The number of hydrogen-bond donors (Lipinski definition) is 0. The second kappa shape index (κ2) is 10.5. The van der Waals surface area contributed by atoms with Crippen LogP contribution in [0.2, 0.25) is 0 Å². The molecule has 7 nitrogen and oxygen atoms in total. The van der Waals surface area contributed by atoms with Crippen LogP contribution in [0.1, 0.15) is 32.3 Å². The van der Waals surface area contributed by atoms with E-state index in [1.165, 1.54) is 17.0 Å². The molecule has 0 spiro atoms. The van der Waals surface area contributed by atoms with E-state index in [0.29, 0.717) is 45.8 Å². The number of benzene rings is 1. The number of nitrogens with zero attached hydrogens (tertiary/aromatic N) is 4. The molecule has 10 heteroatoms. The Balaban J connectivity index is 1.60. The average molecular weight is 469 g/mol. The van der Waals surface area contributed by atoms with Crippen molar-refractivity contribution in [2.24, 2.45) is 5.92 Å². The number of carbonyl (C=O) groups excluding carboxylic acids is 3. The summed E-state index contributed by atoms with van der Waals surface area (Å²) in [4.78, 5) is 44.8. The van der Waals surface area contributed by atoms with Crippen molar-refractivity contribution in [2.45, 2.75) is 32.9 Å². The predicted octanol–water partition coefficient (Wildman–Crippen LogP) is 2.46. The lowest BCUT2D eigenvalue weighted by Crippen LogP contribution is -2.43. The maximum Gasteiger partial charge on any atom is 0.416 e. The molecule has 3 amide bonds. The van der Waals surface area contributed by atoms with Crippen LogP contribution in [0.5, 0.6) is 0 Å². The zero-order valence-corrected chi connectivity index (χ0v) is 19.1. The van der Waals surface area contributed by atoms with E-state index in [0.717, 1.165) is 18.6 Å². The van der Waals surface area contributed by atoms with Gasteiger partial charge in [-0.15, -0.1) is 0 Å². The van der Waals surface area contributed by atoms with E-state index in [2.05, 4.69) is 0 Å². The van der Waals surface area contributed by atoms with Gasteiger partial charge in [0, 0.05) is 57.9 Å². The van der Waals surface area contributed by atoms with Crippen LogP contribution < -0.4 is 4.90 Å². The summed E-state index contributed by atoms with van der Waals surface area (Å²) in [6, 6.07) is 4.63. The number of carbonyl (C=O) groups is 3. The molecule has 2 aliphatic rings. The zero-order valence-electron chi connectivity index (χ0n) is 19.1. The molecule has 0 radical (unpaired) electrons. The zero-order chi connectivity index (χ0) is 24.2. The van der Waals surface area contributed by atoms with Gasteiger partial charge in [-0.05, 0) is 38.5 Å². The van der Waals surface area contributed by atoms with Gasteiger partial charge in [0.25, 0.3) is 0 Å². The Kier molecular flexibility index (Phi) is 7.99. The minimum Gasteiger partial charge on any atom is -0.342 e. The summed E-state index contributed by atoms with van der Waals surface area (Å²) >= 11 is 0. The topological polar surface area (TPSA) is 64.2 Å². The molecular weight excluding hydrogens is 437 g/mol. The van der Waals surface area contributed by atoms with Gasteiger partial charge < -0.3 is 14.7 Å². The van der Waals surface area contributed by atoms with Crippen molar-refractivity contribution in [2.75, 3.05) is 57.3 Å². The van der Waals surface area contributed by atoms with Crippen LogP contribution in [-0.2, 0) is 20.6 Å². The molecule has 2 saturated heterocycles. The summed E-state index contributed by atoms with van der Waals surface area (Å²) < 4.78 is 39.1. The lowest BCUT2D eigenvalue weighted by molar-refractivity contribution is -0.137. The van der Waals surface area contributed by atoms with Crippen LogP contribution in [0.3, 0.4) is 0 Å². The highest BCUT2D eigenvalue weighted by atomic mass is 19.4. The van der Waals surface area contributed by atoms with Gasteiger partial charge in [-0.3, -0.25) is 19.3 Å². The van der Waals surface area contributed by atoms with Crippen LogP contribution in [0.4, 0.5) is 18.9 Å². The third kappa shape index (κ3) is 6.04. The fourth-order valence-electron chi connectivity index (χ4n) is 4.45. The molecule has 2 fully saturated rings. The minimum absolute atomic E-state index is 0.0181. The molecule has 0 aromatic heterocycles. The Morgan fingerprint density at radius 3 is 2.48 bits per heavy atom. The highest BCUT2D eigenvalue weighted by Crippen LogP contribution is 2.33. The summed E-state index contributed by atoms with van der Waals surface area (Å²) in [6.07, 6.45) is -3.80. The summed E-state index contributed by atoms with van der Waals surface area (Å²) in [5.41, 5.74) is -0.670. The fraction of sp³-hybridized carbons (Fsp3) is 0.609. The maximum absolute atomic E-state index is 13.1. The number of likely N-dealkylation sites (N-methyl/N-ethyl adjacent to an activating group) is 1. The van der Waals surface area contributed by atoms with E-state index in [-0.39, 0.29) is 36.4 Å². The molecule has 1 aromatic carbocycles. The molecule has 0 bridgehead atoms. The van der Waals surface area contributed by atoms with Gasteiger partial charge in [-0.2, -0.15) is 13.2 Å². The van der Waals surface area contributed by atoms with E-state index in [1.807, 2.05) is 18.7 Å². The smallest absolute Gasteiger partial charge is 0.342 e. The van der Waals surface area contributed by atoms with Gasteiger partial charge >= 0.3 is 6.18 Å². The number of rotatable bonds is 6. The molecule has 1 atom stereocenters. The molecule has 0 aliphatic carbocycles. The van der Waals surface area contributed by atoms with Crippen molar-refractivity contribution in [3.8, 4) is 0 Å². The summed E-state index contributed by atoms with van der Waals surface area (Å²) in [6.45, 7) is 7.84. The molecule has 33 heavy (non-hydrogen) atoms. The number of alkyl halides is 3. The number of anilines is 1. The average Bonchev–Trinajstić information content (AvgIpc) is 3.01. The summed E-state index contributed by atoms with van der Waals surface area (Å²) in [5.74, 6) is -1.03.